The number of anilines is 1. The number of rotatable bonds is 7. The molecule has 7 nitrogen and oxygen atoms in total. The summed E-state index contributed by atoms with van der Waals surface area (Å²) in [6.45, 7) is 4.04. The number of carbonyl (C=O) groups is 2. The predicted molar refractivity (Wildman–Crippen MR) is 92.4 cm³/mol. The minimum atomic E-state index is -0.611. The van der Waals surface area contributed by atoms with Crippen molar-refractivity contribution in [1.82, 2.24) is 15.8 Å². The Balaban J connectivity index is 2.05. The minimum Gasteiger partial charge on any atom is -0.381 e. The van der Waals surface area contributed by atoms with Crippen molar-refractivity contribution in [2.24, 2.45) is 0 Å². The third-order valence-corrected chi connectivity index (χ3v) is 3.71. The maximum atomic E-state index is 11.7. The Morgan fingerprint density at radius 1 is 1.33 bits per heavy atom. The van der Waals surface area contributed by atoms with Crippen LogP contribution >= 0.6 is 0 Å². The summed E-state index contributed by atoms with van der Waals surface area (Å²) in [7, 11) is 0. The number of fused-ring (bicyclic) bond motifs is 1. The van der Waals surface area contributed by atoms with Gasteiger partial charge in [0.15, 0.2) is 5.78 Å². The summed E-state index contributed by atoms with van der Waals surface area (Å²) in [5.41, 5.74) is 3.82. The Bertz CT molecular complexity index is 733. The first-order valence-corrected chi connectivity index (χ1v) is 7.85. The van der Waals surface area contributed by atoms with Crippen molar-refractivity contribution in [3.63, 3.8) is 0 Å². The number of carbonyl (C=O) groups excluding carboxylic acids is 2. The fourth-order valence-corrected chi connectivity index (χ4v) is 2.49. The average Bonchev–Trinajstić information content (AvgIpc) is 2.58. The summed E-state index contributed by atoms with van der Waals surface area (Å²) in [6.07, 6.45) is 3.28. The zero-order chi connectivity index (χ0) is 17.5. The molecule has 4 N–H and O–H groups in total. The molecule has 2 rings (SSSR count). The average molecular weight is 330 g/mol. The van der Waals surface area contributed by atoms with Gasteiger partial charge >= 0.3 is 6.03 Å². The highest BCUT2D eigenvalue weighted by Crippen LogP contribution is 2.25. The van der Waals surface area contributed by atoms with Crippen molar-refractivity contribution in [3.05, 3.63) is 36.0 Å². The molecule has 1 atom stereocenters. The lowest BCUT2D eigenvalue weighted by Crippen LogP contribution is -2.34. The minimum absolute atomic E-state index is 0.00988. The van der Waals surface area contributed by atoms with Gasteiger partial charge in [-0.05, 0) is 44.9 Å². The van der Waals surface area contributed by atoms with Crippen molar-refractivity contribution in [2.45, 2.75) is 32.7 Å². The number of hydrogen-bond acceptors (Lipinski definition) is 5. The monoisotopic (exact) mass is 330 g/mol. The second-order valence-corrected chi connectivity index (χ2v) is 5.71. The zero-order valence-corrected chi connectivity index (χ0v) is 13.8. The molecular formula is C17H22N4O3. The highest BCUT2D eigenvalue weighted by molar-refractivity contribution is 6.02. The van der Waals surface area contributed by atoms with Gasteiger partial charge in [-0.3, -0.25) is 15.0 Å². The number of nitrogens with zero attached hydrogens (tertiary/aromatic N) is 1. The lowest BCUT2D eigenvalue weighted by atomic mass is 10.1. The number of hydroxylamine groups is 1. The van der Waals surface area contributed by atoms with Crippen LogP contribution in [0.25, 0.3) is 10.9 Å². The van der Waals surface area contributed by atoms with Crippen LogP contribution in [0.15, 0.2) is 30.5 Å². The lowest BCUT2D eigenvalue weighted by molar-refractivity contribution is 0.101. The van der Waals surface area contributed by atoms with Crippen molar-refractivity contribution in [1.29, 1.82) is 0 Å². The van der Waals surface area contributed by atoms with Gasteiger partial charge in [0.1, 0.15) is 0 Å². The van der Waals surface area contributed by atoms with Crippen molar-refractivity contribution in [2.75, 3.05) is 11.9 Å². The third kappa shape index (κ3) is 4.66. The van der Waals surface area contributed by atoms with E-state index < -0.39 is 6.03 Å². The maximum Gasteiger partial charge on any atom is 0.338 e. The van der Waals surface area contributed by atoms with Gasteiger partial charge in [-0.2, -0.15) is 0 Å². The van der Waals surface area contributed by atoms with E-state index in [1.807, 2.05) is 31.2 Å². The van der Waals surface area contributed by atoms with Crippen LogP contribution in [-0.2, 0) is 0 Å². The molecule has 0 bridgehead atoms. The van der Waals surface area contributed by atoms with Gasteiger partial charge in [-0.1, -0.05) is 6.07 Å². The SMILES string of the molecule is CC(=O)c1cc(NC(C)CCCNC(=O)NO)c2ncccc2c1. The lowest BCUT2D eigenvalue weighted by Gasteiger charge is -2.17. The van der Waals surface area contributed by atoms with Crippen LogP contribution in [0.3, 0.4) is 0 Å². The van der Waals surface area contributed by atoms with E-state index in [2.05, 4.69) is 15.6 Å². The molecule has 1 heterocycles. The number of urea groups is 1. The van der Waals surface area contributed by atoms with Crippen molar-refractivity contribution < 1.29 is 14.8 Å². The highest BCUT2D eigenvalue weighted by atomic mass is 16.5. The van der Waals surface area contributed by atoms with Crippen LogP contribution in [-0.4, -0.2) is 34.6 Å². The molecule has 0 saturated heterocycles. The number of pyridine rings is 1. The van der Waals surface area contributed by atoms with Gasteiger partial charge in [0.05, 0.1) is 11.2 Å². The maximum absolute atomic E-state index is 11.7. The van der Waals surface area contributed by atoms with Gasteiger partial charge in [0.25, 0.3) is 0 Å². The molecule has 2 amide bonds. The predicted octanol–water partition coefficient (Wildman–Crippen LogP) is 2.71. The summed E-state index contributed by atoms with van der Waals surface area (Å²) in [5.74, 6) is 0.00988. The van der Waals surface area contributed by atoms with Gasteiger partial charge < -0.3 is 10.6 Å². The normalized spacial score (nSPS) is 11.8. The summed E-state index contributed by atoms with van der Waals surface area (Å²) in [6, 6.07) is 6.97. The molecule has 128 valence electrons. The van der Waals surface area contributed by atoms with Gasteiger partial charge in [0, 0.05) is 29.7 Å². The smallest absolute Gasteiger partial charge is 0.338 e. The topological polar surface area (TPSA) is 103 Å². The molecule has 0 fully saturated rings. The Morgan fingerprint density at radius 3 is 2.83 bits per heavy atom. The second kappa shape index (κ2) is 8.26. The molecule has 24 heavy (non-hydrogen) atoms. The first-order chi connectivity index (χ1) is 11.5. The fraction of sp³-hybridized carbons (Fsp3) is 0.353. The number of Topliss-reactive ketones (excluding diaryl/α,β-unsaturated/α-hetero) is 1. The van der Waals surface area contributed by atoms with Crippen LogP contribution in [0.1, 0.15) is 37.0 Å². The summed E-state index contributed by atoms with van der Waals surface area (Å²) in [4.78, 5) is 27.0. The molecule has 0 aliphatic heterocycles. The van der Waals surface area contributed by atoms with E-state index in [-0.39, 0.29) is 11.8 Å². The summed E-state index contributed by atoms with van der Waals surface area (Å²) < 4.78 is 0. The quantitative estimate of drug-likeness (QED) is 0.270. The molecule has 7 heteroatoms. The molecule has 0 radical (unpaired) electrons. The van der Waals surface area contributed by atoms with Gasteiger partial charge in [-0.25, -0.2) is 10.3 Å². The van der Waals surface area contributed by atoms with E-state index in [4.69, 9.17) is 5.21 Å². The summed E-state index contributed by atoms with van der Waals surface area (Å²) in [5, 5.41) is 15.2. The number of ketones is 1. The van der Waals surface area contributed by atoms with E-state index in [0.29, 0.717) is 12.1 Å². The van der Waals surface area contributed by atoms with Crippen LogP contribution in [0.5, 0.6) is 0 Å². The second-order valence-electron chi connectivity index (χ2n) is 5.71. The number of hydrogen-bond donors (Lipinski definition) is 4. The van der Waals surface area contributed by atoms with E-state index in [1.165, 1.54) is 5.48 Å². The van der Waals surface area contributed by atoms with Crippen LogP contribution in [0, 0.1) is 0 Å². The van der Waals surface area contributed by atoms with Crippen molar-refractivity contribution >= 4 is 28.4 Å². The largest absolute Gasteiger partial charge is 0.381 e. The Hall–Kier alpha value is -2.67. The third-order valence-electron chi connectivity index (χ3n) is 3.71. The molecule has 1 aromatic carbocycles. The van der Waals surface area contributed by atoms with E-state index in [9.17, 15) is 9.59 Å². The molecular weight excluding hydrogens is 308 g/mol. The summed E-state index contributed by atoms with van der Waals surface area (Å²) >= 11 is 0. The van der Waals surface area contributed by atoms with Crippen molar-refractivity contribution in [3.8, 4) is 0 Å². The number of amides is 2. The van der Waals surface area contributed by atoms with Gasteiger partial charge in [0.2, 0.25) is 0 Å². The molecule has 0 saturated carbocycles. The molecule has 0 spiro atoms. The standard InChI is InChI=1S/C17H22N4O3/c1-11(5-3-8-19-17(23)21-24)20-15-10-14(12(2)22)9-13-6-4-7-18-16(13)15/h4,6-7,9-11,20,24H,3,5,8H2,1-2H3,(H2,19,21,23). The van der Waals surface area contributed by atoms with Crippen LogP contribution < -0.4 is 16.1 Å². The van der Waals surface area contributed by atoms with Crippen LogP contribution in [0.2, 0.25) is 0 Å². The van der Waals surface area contributed by atoms with Gasteiger partial charge in [-0.15, -0.1) is 0 Å². The molecule has 2 aromatic rings. The number of nitrogens with one attached hydrogen (secondary N) is 3. The first kappa shape index (κ1) is 17.7. The Kier molecular flexibility index (Phi) is 6.08. The van der Waals surface area contributed by atoms with E-state index >= 15 is 0 Å². The number of benzene rings is 1. The number of aromatic nitrogens is 1. The Labute approximate surface area is 140 Å². The van der Waals surface area contributed by atoms with E-state index in [0.717, 1.165) is 29.4 Å². The molecule has 1 unspecified atom stereocenters. The molecule has 1 aromatic heterocycles. The molecule has 0 aliphatic rings. The fourth-order valence-electron chi connectivity index (χ4n) is 2.49. The van der Waals surface area contributed by atoms with E-state index in [1.54, 1.807) is 13.1 Å². The zero-order valence-electron chi connectivity index (χ0n) is 13.8. The van der Waals surface area contributed by atoms with Crippen LogP contribution in [0.4, 0.5) is 10.5 Å². The highest BCUT2D eigenvalue weighted by Gasteiger charge is 2.10. The Morgan fingerprint density at radius 2 is 2.12 bits per heavy atom. The molecule has 0 aliphatic carbocycles. The first-order valence-electron chi connectivity index (χ1n) is 7.85.